The van der Waals surface area contributed by atoms with E-state index in [1.807, 2.05) is 0 Å². The predicted molar refractivity (Wildman–Crippen MR) is 269 cm³/mol. The van der Waals surface area contributed by atoms with E-state index in [1.165, 1.54) is 213 Å². The van der Waals surface area contributed by atoms with Crippen LogP contribution < -0.4 is 11.5 Å². The van der Waals surface area contributed by atoms with Gasteiger partial charge in [0.1, 0.15) is 0 Å². The summed E-state index contributed by atoms with van der Waals surface area (Å²) in [5.41, 5.74) is 22.8. The van der Waals surface area contributed by atoms with Gasteiger partial charge in [-0.3, -0.25) is 0 Å². The second kappa shape index (κ2) is 27.5. The quantitative estimate of drug-likeness (QED) is 0.0406. The lowest BCUT2D eigenvalue weighted by Crippen LogP contribution is -2.33. The fourth-order valence-corrected chi connectivity index (χ4v) is 10.9. The van der Waals surface area contributed by atoms with Crippen molar-refractivity contribution in [1.82, 2.24) is 0 Å². The van der Waals surface area contributed by atoms with E-state index < -0.39 is 0 Å². The lowest BCUT2D eigenvalue weighted by atomic mass is 9.62. The second-order valence-electron chi connectivity index (χ2n) is 19.4. The third kappa shape index (κ3) is 15.7. The van der Waals surface area contributed by atoms with E-state index in [-0.39, 0.29) is 5.41 Å². The standard InChI is InChI=1S/C59H88N2/c1-4-7-9-11-13-15-17-19-21-23-26-57(51-32-40-55(60)41-33-51)49-28-36-53(37-29-49)59(46-44-48(25-6-3)45-47-59)54-38-30-50(31-39-54)58(52-34-42-56(61)43-35-52)27-24-22-20-18-16-14-12-10-8-5-2/h28-43,48,57-58H,4-27,44-47,60-61H2,1-3H3. The van der Waals surface area contributed by atoms with Crippen molar-refractivity contribution in [3.8, 4) is 0 Å². The fourth-order valence-electron chi connectivity index (χ4n) is 10.9. The average Bonchev–Trinajstić information content (AvgIpc) is 3.29. The minimum absolute atomic E-state index is 0.0573. The van der Waals surface area contributed by atoms with Crippen LogP contribution in [-0.2, 0) is 5.41 Å². The van der Waals surface area contributed by atoms with Crippen LogP contribution in [0.4, 0.5) is 11.4 Å². The van der Waals surface area contributed by atoms with Crippen LogP contribution in [0.2, 0.25) is 0 Å². The Labute approximate surface area is 375 Å². The maximum atomic E-state index is 6.19. The molecule has 0 saturated heterocycles. The van der Waals surface area contributed by atoms with Gasteiger partial charge in [0, 0.05) is 28.6 Å². The highest BCUT2D eigenvalue weighted by molar-refractivity contribution is 5.47. The van der Waals surface area contributed by atoms with Gasteiger partial charge in [0.15, 0.2) is 0 Å². The Morgan fingerprint density at radius 3 is 1.00 bits per heavy atom. The van der Waals surface area contributed by atoms with Crippen LogP contribution in [0, 0.1) is 5.92 Å². The monoisotopic (exact) mass is 825 g/mol. The Balaban J connectivity index is 1.30. The molecule has 334 valence electrons. The molecule has 0 amide bonds. The third-order valence-corrected chi connectivity index (χ3v) is 14.8. The summed E-state index contributed by atoms with van der Waals surface area (Å²) < 4.78 is 0. The molecule has 0 aliphatic heterocycles. The summed E-state index contributed by atoms with van der Waals surface area (Å²) in [6.45, 7) is 6.97. The van der Waals surface area contributed by atoms with E-state index in [0.717, 1.165) is 17.3 Å². The smallest absolute Gasteiger partial charge is 0.0314 e. The number of nitrogen functional groups attached to an aromatic ring is 2. The summed E-state index contributed by atoms with van der Waals surface area (Å²) in [6, 6.07) is 37.5. The van der Waals surface area contributed by atoms with E-state index >= 15 is 0 Å². The Hall–Kier alpha value is -3.52. The summed E-state index contributed by atoms with van der Waals surface area (Å²) in [6.07, 6.45) is 37.6. The van der Waals surface area contributed by atoms with Gasteiger partial charge < -0.3 is 11.5 Å². The SMILES string of the molecule is CCCCCCCCCCCCC(c1ccc(N)cc1)c1ccc(C2(c3ccc(C(CCCCCCCCCCCC)c4ccc(N)cc4)cc3)CCC(CCC)CC2)cc1. The molecular weight excluding hydrogens is 737 g/mol. The first kappa shape index (κ1) is 48.5. The summed E-state index contributed by atoms with van der Waals surface area (Å²) in [5, 5.41) is 0. The van der Waals surface area contributed by atoms with Gasteiger partial charge >= 0.3 is 0 Å². The lowest BCUT2D eigenvalue weighted by Gasteiger charge is -2.42. The topological polar surface area (TPSA) is 52.0 Å². The van der Waals surface area contributed by atoms with Gasteiger partial charge in [-0.1, -0.05) is 235 Å². The number of hydrogen-bond acceptors (Lipinski definition) is 2. The van der Waals surface area contributed by atoms with Crippen LogP contribution in [0.3, 0.4) is 0 Å². The van der Waals surface area contributed by atoms with Crippen LogP contribution in [0.1, 0.15) is 246 Å². The molecule has 4 aromatic rings. The van der Waals surface area contributed by atoms with Gasteiger partial charge in [0.2, 0.25) is 0 Å². The van der Waals surface area contributed by atoms with Crippen LogP contribution in [0.25, 0.3) is 0 Å². The molecule has 0 bridgehead atoms. The van der Waals surface area contributed by atoms with Crippen molar-refractivity contribution in [1.29, 1.82) is 0 Å². The average molecular weight is 825 g/mol. The van der Waals surface area contributed by atoms with Crippen molar-refractivity contribution in [3.63, 3.8) is 0 Å². The van der Waals surface area contributed by atoms with Gasteiger partial charge in [-0.2, -0.15) is 0 Å². The summed E-state index contributed by atoms with van der Waals surface area (Å²) in [4.78, 5) is 0. The summed E-state index contributed by atoms with van der Waals surface area (Å²) in [5.74, 6) is 1.66. The highest BCUT2D eigenvalue weighted by atomic mass is 14.5. The third-order valence-electron chi connectivity index (χ3n) is 14.8. The van der Waals surface area contributed by atoms with Crippen molar-refractivity contribution >= 4 is 11.4 Å². The van der Waals surface area contributed by atoms with Crippen molar-refractivity contribution in [2.45, 2.75) is 218 Å². The first-order valence-corrected chi connectivity index (χ1v) is 25.9. The highest BCUT2D eigenvalue weighted by Crippen LogP contribution is 2.48. The maximum Gasteiger partial charge on any atom is 0.0314 e. The molecule has 61 heavy (non-hydrogen) atoms. The normalized spacial score (nSPS) is 17.7. The van der Waals surface area contributed by atoms with E-state index in [2.05, 4.69) is 118 Å². The zero-order chi connectivity index (χ0) is 43.0. The molecule has 2 nitrogen and oxygen atoms in total. The van der Waals surface area contributed by atoms with Crippen LogP contribution in [-0.4, -0.2) is 0 Å². The number of benzene rings is 4. The number of hydrogen-bond donors (Lipinski definition) is 2. The Morgan fingerprint density at radius 1 is 0.393 bits per heavy atom. The molecule has 4 N–H and O–H groups in total. The molecule has 0 radical (unpaired) electrons. The van der Waals surface area contributed by atoms with Crippen molar-refractivity contribution in [2.75, 3.05) is 11.5 Å². The van der Waals surface area contributed by atoms with Crippen molar-refractivity contribution in [2.24, 2.45) is 5.92 Å². The highest BCUT2D eigenvalue weighted by Gasteiger charge is 2.38. The molecule has 1 fully saturated rings. The molecule has 2 unspecified atom stereocenters. The van der Waals surface area contributed by atoms with Crippen LogP contribution in [0.5, 0.6) is 0 Å². The molecule has 0 spiro atoms. The largest absolute Gasteiger partial charge is 0.399 e. The molecule has 0 heterocycles. The zero-order valence-electron chi connectivity index (χ0n) is 39.4. The second-order valence-corrected chi connectivity index (χ2v) is 19.4. The van der Waals surface area contributed by atoms with Crippen molar-refractivity contribution < 1.29 is 0 Å². The van der Waals surface area contributed by atoms with E-state index in [9.17, 15) is 0 Å². The molecule has 1 aliphatic carbocycles. The van der Waals surface area contributed by atoms with Gasteiger partial charge in [-0.15, -0.1) is 0 Å². The number of unbranched alkanes of at least 4 members (excludes halogenated alkanes) is 18. The molecule has 2 heteroatoms. The van der Waals surface area contributed by atoms with Gasteiger partial charge in [-0.25, -0.2) is 0 Å². The lowest BCUT2D eigenvalue weighted by molar-refractivity contribution is 0.253. The Morgan fingerprint density at radius 2 is 0.689 bits per heavy atom. The molecule has 4 aromatic carbocycles. The zero-order valence-corrected chi connectivity index (χ0v) is 39.4. The molecular formula is C59H88N2. The predicted octanol–water partition coefficient (Wildman–Crippen LogP) is 18.0. The number of anilines is 2. The van der Waals surface area contributed by atoms with Gasteiger partial charge in [0.25, 0.3) is 0 Å². The van der Waals surface area contributed by atoms with Crippen LogP contribution >= 0.6 is 0 Å². The number of rotatable bonds is 30. The first-order chi connectivity index (χ1) is 30.0. The molecule has 1 saturated carbocycles. The van der Waals surface area contributed by atoms with Gasteiger partial charge in [-0.05, 0) is 102 Å². The molecule has 2 atom stereocenters. The van der Waals surface area contributed by atoms with Crippen LogP contribution in [0.15, 0.2) is 97.1 Å². The van der Waals surface area contributed by atoms with Crippen molar-refractivity contribution in [3.05, 3.63) is 130 Å². The molecule has 5 rings (SSSR count). The Bertz CT molecular complexity index is 1580. The fraction of sp³-hybridized carbons (Fsp3) is 0.593. The van der Waals surface area contributed by atoms with Gasteiger partial charge in [0.05, 0.1) is 0 Å². The minimum atomic E-state index is 0.0573. The minimum Gasteiger partial charge on any atom is -0.399 e. The molecule has 1 aliphatic rings. The van der Waals surface area contributed by atoms with E-state index in [1.54, 1.807) is 0 Å². The Kier molecular flexibility index (Phi) is 21.9. The number of nitrogens with two attached hydrogens (primary N) is 2. The first-order valence-electron chi connectivity index (χ1n) is 25.9. The summed E-state index contributed by atoms with van der Waals surface area (Å²) >= 11 is 0. The van der Waals surface area contributed by atoms with E-state index in [0.29, 0.717) is 11.8 Å². The summed E-state index contributed by atoms with van der Waals surface area (Å²) in [7, 11) is 0. The molecule has 0 aromatic heterocycles. The maximum absolute atomic E-state index is 6.19. The van der Waals surface area contributed by atoms with E-state index in [4.69, 9.17) is 11.5 Å².